The topological polar surface area (TPSA) is 215 Å². The van der Waals surface area contributed by atoms with E-state index in [-0.39, 0.29) is 70.8 Å². The molecule has 0 spiro atoms. The summed E-state index contributed by atoms with van der Waals surface area (Å²) < 4.78 is 37.4. The molecule has 6 heterocycles. The molecule has 4 aromatic carbocycles. The van der Waals surface area contributed by atoms with Crippen LogP contribution >= 0.6 is 11.6 Å². The SMILES string of the molecule is Cc1ccc(C(=O)NCCn2c(C#N)ccc2C(=O)NCc2c(Cl)ccc([N+]#Cc3ccc(C(=O)NC(C)c4ccccc4F)n3CCNC(=O)c3ccc(C)c(C#Cc4cnc5cccnn45)c3)c2F)cc1C#Cc1cnc2cccnn12. The van der Waals surface area contributed by atoms with Crippen LogP contribution in [-0.2, 0) is 19.6 Å². The fourth-order valence-electron chi connectivity index (χ4n) is 9.05. The molecule has 0 aliphatic carbocycles. The minimum atomic E-state index is -0.872. The Hall–Kier alpha value is -11.2. The van der Waals surface area contributed by atoms with Crippen molar-refractivity contribution in [3.05, 3.63) is 246 Å². The van der Waals surface area contributed by atoms with Gasteiger partial charge in [-0.3, -0.25) is 19.2 Å². The van der Waals surface area contributed by atoms with Crippen LogP contribution in [-0.4, -0.2) is 75.0 Å². The number of fused-ring (bicyclic) bond motifs is 2. The molecule has 4 amide bonds. The number of halogens is 3. The molecular formula is C63H48ClF2N14O4+. The van der Waals surface area contributed by atoms with E-state index in [9.17, 15) is 28.8 Å². The molecule has 0 aliphatic rings. The van der Waals surface area contributed by atoms with E-state index in [0.717, 1.165) is 11.1 Å². The van der Waals surface area contributed by atoms with Crippen molar-refractivity contribution in [3.63, 3.8) is 0 Å². The lowest BCUT2D eigenvalue weighted by Crippen LogP contribution is -2.32. The van der Waals surface area contributed by atoms with Gasteiger partial charge in [-0.2, -0.15) is 19.8 Å². The van der Waals surface area contributed by atoms with Gasteiger partial charge in [-0.15, -0.1) is 0 Å². The van der Waals surface area contributed by atoms with Crippen LogP contribution in [0, 0.1) is 66.6 Å². The van der Waals surface area contributed by atoms with Gasteiger partial charge in [0.2, 0.25) is 5.82 Å². The third-order valence-corrected chi connectivity index (χ3v) is 13.9. The molecule has 414 valence electrons. The van der Waals surface area contributed by atoms with Crippen molar-refractivity contribution in [3.8, 4) is 35.8 Å². The van der Waals surface area contributed by atoms with Gasteiger partial charge < -0.3 is 30.4 Å². The van der Waals surface area contributed by atoms with E-state index >= 15 is 4.39 Å². The highest BCUT2D eigenvalue weighted by Gasteiger charge is 2.24. The largest absolute Gasteiger partial charge is 0.376 e. The van der Waals surface area contributed by atoms with Gasteiger partial charge in [0.15, 0.2) is 17.0 Å². The highest BCUT2D eigenvalue weighted by molar-refractivity contribution is 6.31. The maximum atomic E-state index is 16.4. The molecule has 0 aliphatic heterocycles. The van der Waals surface area contributed by atoms with E-state index in [1.807, 2.05) is 26.0 Å². The van der Waals surface area contributed by atoms with Crippen molar-refractivity contribution in [2.75, 3.05) is 13.1 Å². The Morgan fingerprint density at radius 3 is 1.77 bits per heavy atom. The van der Waals surface area contributed by atoms with Gasteiger partial charge in [0.1, 0.15) is 40.4 Å². The number of aryl methyl sites for hydroxylation is 2. The molecular weight excluding hydrogens is 1090 g/mol. The molecule has 1 unspecified atom stereocenters. The zero-order valence-corrected chi connectivity index (χ0v) is 46.0. The van der Waals surface area contributed by atoms with Gasteiger partial charge >= 0.3 is 11.8 Å². The van der Waals surface area contributed by atoms with Crippen LogP contribution < -0.4 is 21.3 Å². The van der Waals surface area contributed by atoms with Gasteiger partial charge in [0.05, 0.1) is 18.4 Å². The second-order valence-electron chi connectivity index (χ2n) is 19.1. The minimum absolute atomic E-state index is 0.0102. The van der Waals surface area contributed by atoms with Crippen molar-refractivity contribution in [1.82, 2.24) is 59.6 Å². The van der Waals surface area contributed by atoms with E-state index in [1.165, 1.54) is 45.5 Å². The summed E-state index contributed by atoms with van der Waals surface area (Å²) in [5.74, 6) is 8.98. The highest BCUT2D eigenvalue weighted by Crippen LogP contribution is 2.29. The van der Waals surface area contributed by atoms with Crippen LogP contribution in [0.3, 0.4) is 0 Å². The molecule has 21 heteroatoms. The Kier molecular flexibility index (Phi) is 16.8. The van der Waals surface area contributed by atoms with Crippen LogP contribution in [0.1, 0.15) is 111 Å². The zero-order chi connectivity index (χ0) is 58.9. The predicted molar refractivity (Wildman–Crippen MR) is 309 cm³/mol. The highest BCUT2D eigenvalue weighted by atomic mass is 35.5. The smallest absolute Gasteiger partial charge is 0.350 e. The maximum Gasteiger partial charge on any atom is 0.376 e. The molecule has 0 bridgehead atoms. The molecule has 84 heavy (non-hydrogen) atoms. The van der Waals surface area contributed by atoms with Gasteiger partial charge in [-0.25, -0.2) is 23.4 Å². The molecule has 10 rings (SSSR count). The third kappa shape index (κ3) is 12.4. The van der Waals surface area contributed by atoms with E-state index in [1.54, 1.807) is 114 Å². The molecule has 0 saturated carbocycles. The van der Waals surface area contributed by atoms with E-state index in [0.29, 0.717) is 44.9 Å². The molecule has 6 aromatic heterocycles. The number of aromatic nitrogens is 8. The quantitative estimate of drug-likeness (QED) is 0.0764. The number of hydrogen-bond donors (Lipinski definition) is 4. The van der Waals surface area contributed by atoms with E-state index in [4.69, 9.17) is 11.6 Å². The molecule has 18 nitrogen and oxygen atoms in total. The Balaban J connectivity index is 0.817. The summed E-state index contributed by atoms with van der Waals surface area (Å²) in [6, 6.07) is 36.4. The van der Waals surface area contributed by atoms with Crippen molar-refractivity contribution in [1.29, 1.82) is 5.26 Å². The van der Waals surface area contributed by atoms with Gasteiger partial charge in [0, 0.05) is 89.6 Å². The number of hydrogen-bond acceptors (Lipinski definition) is 9. The zero-order valence-electron chi connectivity index (χ0n) is 45.2. The number of imidazole rings is 2. The first-order valence-electron chi connectivity index (χ1n) is 26.2. The molecule has 1 atom stereocenters. The van der Waals surface area contributed by atoms with Crippen LogP contribution in [0.5, 0.6) is 0 Å². The Morgan fingerprint density at radius 1 is 0.631 bits per heavy atom. The average molecular weight is 1140 g/mol. The predicted octanol–water partition coefficient (Wildman–Crippen LogP) is 8.89. The number of carbonyl (C=O) groups excluding carboxylic acids is 4. The number of nitriles is 1. The second-order valence-corrected chi connectivity index (χ2v) is 19.5. The van der Waals surface area contributed by atoms with Gasteiger partial charge in [-0.1, -0.05) is 53.8 Å². The lowest BCUT2D eigenvalue weighted by atomic mass is 10.0. The monoisotopic (exact) mass is 1140 g/mol. The second kappa shape index (κ2) is 25.1. The van der Waals surface area contributed by atoms with Crippen LogP contribution in [0.4, 0.5) is 14.5 Å². The number of nitrogens with one attached hydrogen (secondary N) is 4. The first-order chi connectivity index (χ1) is 40.7. The summed E-state index contributed by atoms with van der Waals surface area (Å²) in [6.45, 7) is 5.11. The Labute approximate surface area is 484 Å². The molecule has 4 N–H and O–H groups in total. The maximum absolute atomic E-state index is 16.4. The fourth-order valence-corrected chi connectivity index (χ4v) is 9.26. The summed E-state index contributed by atoms with van der Waals surface area (Å²) in [4.78, 5) is 67.6. The molecule has 0 radical (unpaired) electrons. The number of benzene rings is 4. The Morgan fingerprint density at radius 2 is 1.19 bits per heavy atom. The summed E-state index contributed by atoms with van der Waals surface area (Å²) in [5.41, 5.74) is 6.59. The van der Waals surface area contributed by atoms with E-state index in [2.05, 4.69) is 82.1 Å². The van der Waals surface area contributed by atoms with Crippen molar-refractivity contribution in [2.45, 2.75) is 46.4 Å². The van der Waals surface area contributed by atoms with E-state index < -0.39 is 47.8 Å². The molecule has 0 saturated heterocycles. The summed E-state index contributed by atoms with van der Waals surface area (Å²) in [6.07, 6.45) is 6.51. The van der Waals surface area contributed by atoms with Crippen LogP contribution in [0.2, 0.25) is 5.02 Å². The molecule has 10 aromatic rings. The number of amides is 4. The third-order valence-electron chi connectivity index (χ3n) is 13.6. The lowest BCUT2D eigenvalue weighted by Gasteiger charge is -2.16. The average Bonchev–Trinajstić information content (AvgIpc) is 4.51. The molecule has 0 fully saturated rings. The first-order valence-corrected chi connectivity index (χ1v) is 26.6. The standard InChI is InChI=1S/C63H47ClF2N14O4/c1-39-12-14-44(32-42(39)16-18-48-36-71-57-10-6-26-74-79(48)57)60(81)68-28-30-77-46(34-67)20-24-55(77)62(83)73-38-51-52(64)22-23-54(59(51)66)70-35-47-21-25-56(63(84)76-41(3)50-8-4-5-9-53(50)65)78(47)31-29-69-61(82)45-15-13-40(2)43(33-45)17-19-49-37-72-58-11-7-27-75-80(49)58/h4-15,20-27,32-33,36-37,41H,28-31,38H2,1-3H3,(H3-,68,69,73,76,81,82,83,84)/p+1. The van der Waals surface area contributed by atoms with Crippen LogP contribution in [0.15, 0.2) is 146 Å². The van der Waals surface area contributed by atoms with Crippen molar-refractivity contribution < 1.29 is 28.0 Å². The number of rotatable bonds is 14. The number of carbonyl (C=O) groups is 4. The Bertz CT molecular complexity index is 4500. The summed E-state index contributed by atoms with van der Waals surface area (Å²) >= 11 is 6.52. The fraction of sp³-hybridized carbons (Fsp3) is 0.143. The lowest BCUT2D eigenvalue weighted by molar-refractivity contribution is 0.0923. The van der Waals surface area contributed by atoms with Crippen molar-refractivity contribution in [2.24, 2.45) is 0 Å². The normalized spacial score (nSPS) is 11.1. The first kappa shape index (κ1) is 56.1. The summed E-state index contributed by atoms with van der Waals surface area (Å²) in [5, 5.41) is 29.8. The summed E-state index contributed by atoms with van der Waals surface area (Å²) in [7, 11) is 0. The van der Waals surface area contributed by atoms with Gasteiger partial charge in [0.25, 0.3) is 23.6 Å². The minimum Gasteiger partial charge on any atom is -0.350 e. The van der Waals surface area contributed by atoms with Crippen LogP contribution in [0.25, 0.3) is 16.1 Å². The van der Waals surface area contributed by atoms with Gasteiger partial charge in [-0.05, 0) is 134 Å². The number of nitrogens with zero attached hydrogens (tertiary/aromatic N) is 10. The van der Waals surface area contributed by atoms with Crippen molar-refractivity contribution >= 4 is 52.2 Å².